The molecule has 1 fully saturated rings. The first-order valence-electron chi connectivity index (χ1n) is 5.81. The molecule has 1 N–H and O–H groups in total. The predicted octanol–water partition coefficient (Wildman–Crippen LogP) is 1.99. The fourth-order valence-electron chi connectivity index (χ4n) is 2.01. The summed E-state index contributed by atoms with van der Waals surface area (Å²) in [5.74, 6) is 0.466. The van der Waals surface area contributed by atoms with Crippen LogP contribution in [-0.4, -0.2) is 34.2 Å². The summed E-state index contributed by atoms with van der Waals surface area (Å²) in [7, 11) is 0. The maximum atomic E-state index is 10.8. The minimum absolute atomic E-state index is 0.0154. The van der Waals surface area contributed by atoms with Crippen molar-refractivity contribution in [2.24, 2.45) is 0 Å². The lowest BCUT2D eigenvalue weighted by Crippen LogP contribution is -2.42. The summed E-state index contributed by atoms with van der Waals surface area (Å²) in [6, 6.07) is 2.92. The number of pyridine rings is 1. The summed E-state index contributed by atoms with van der Waals surface area (Å²) in [6.07, 6.45) is 3.17. The largest absolute Gasteiger partial charge is 0.395 e. The number of nitrogens with zero attached hydrogens (tertiary/aromatic N) is 3. The van der Waals surface area contributed by atoms with E-state index in [-0.39, 0.29) is 17.4 Å². The van der Waals surface area contributed by atoms with Gasteiger partial charge in [-0.3, -0.25) is 10.1 Å². The van der Waals surface area contributed by atoms with Gasteiger partial charge in [-0.15, -0.1) is 0 Å². The van der Waals surface area contributed by atoms with E-state index in [1.54, 1.807) is 0 Å². The van der Waals surface area contributed by atoms with E-state index in [4.69, 9.17) is 16.7 Å². The maximum absolute atomic E-state index is 10.8. The van der Waals surface area contributed by atoms with Gasteiger partial charge in [0.05, 0.1) is 23.7 Å². The third-order valence-corrected chi connectivity index (χ3v) is 3.32. The van der Waals surface area contributed by atoms with E-state index in [9.17, 15) is 10.1 Å². The molecule has 0 aromatic carbocycles. The number of aliphatic hydroxyl groups is 1. The van der Waals surface area contributed by atoms with E-state index >= 15 is 0 Å². The number of rotatable bonds is 5. The fraction of sp³-hybridized carbons (Fsp3) is 0.545. The first-order chi connectivity index (χ1) is 8.61. The lowest BCUT2D eigenvalue weighted by Gasteiger charge is -2.38. The molecule has 98 valence electrons. The summed E-state index contributed by atoms with van der Waals surface area (Å²) in [6.45, 7) is 0.396. The van der Waals surface area contributed by atoms with Gasteiger partial charge in [0.15, 0.2) is 0 Å². The van der Waals surface area contributed by atoms with Gasteiger partial charge in [0.2, 0.25) is 0 Å². The number of anilines is 1. The maximum Gasteiger partial charge on any atom is 0.276 e. The Hall–Kier alpha value is -1.40. The molecule has 0 spiro atoms. The van der Waals surface area contributed by atoms with Crippen molar-refractivity contribution >= 4 is 23.1 Å². The van der Waals surface area contributed by atoms with Gasteiger partial charge >= 0.3 is 0 Å². The molecule has 1 aromatic rings. The standard InChI is InChI=1S/C11H14ClN3O3/c12-10-6-9(15(17)18)7-11(13-10)14(4-5-16)8-2-1-3-8/h6-8,16H,1-5H2. The third-order valence-electron chi connectivity index (χ3n) is 3.13. The second kappa shape index (κ2) is 5.49. The van der Waals surface area contributed by atoms with E-state index in [1.807, 2.05) is 4.90 Å². The smallest absolute Gasteiger partial charge is 0.276 e. The summed E-state index contributed by atoms with van der Waals surface area (Å²) < 4.78 is 0. The Morgan fingerprint density at radius 3 is 2.78 bits per heavy atom. The number of halogens is 1. The average Bonchev–Trinajstić information content (AvgIpc) is 2.25. The Morgan fingerprint density at radius 1 is 1.56 bits per heavy atom. The molecular formula is C11H14ClN3O3. The molecule has 1 aliphatic carbocycles. The minimum atomic E-state index is -0.491. The van der Waals surface area contributed by atoms with Crippen LogP contribution in [0.3, 0.4) is 0 Å². The van der Waals surface area contributed by atoms with Crippen molar-refractivity contribution in [2.75, 3.05) is 18.1 Å². The highest BCUT2D eigenvalue weighted by molar-refractivity contribution is 6.29. The number of hydrogen-bond acceptors (Lipinski definition) is 5. The zero-order valence-corrected chi connectivity index (χ0v) is 10.5. The zero-order chi connectivity index (χ0) is 13.1. The molecule has 1 saturated carbocycles. The second-order valence-corrected chi connectivity index (χ2v) is 4.65. The summed E-state index contributed by atoms with van der Waals surface area (Å²) in [5.41, 5.74) is -0.0766. The van der Waals surface area contributed by atoms with Gasteiger partial charge in [-0.05, 0) is 19.3 Å². The van der Waals surface area contributed by atoms with Crippen LogP contribution < -0.4 is 4.90 Å². The van der Waals surface area contributed by atoms with Crippen LogP contribution in [0.25, 0.3) is 0 Å². The van der Waals surface area contributed by atoms with Gasteiger partial charge in [-0.1, -0.05) is 11.6 Å². The van der Waals surface area contributed by atoms with Crippen LogP contribution >= 0.6 is 11.6 Å². The van der Waals surface area contributed by atoms with E-state index in [1.165, 1.54) is 12.1 Å². The molecule has 0 saturated heterocycles. The van der Waals surface area contributed by atoms with Gasteiger partial charge in [0, 0.05) is 12.6 Å². The SMILES string of the molecule is O=[N+]([O-])c1cc(Cl)nc(N(CCO)C2CCC2)c1. The monoisotopic (exact) mass is 271 g/mol. The topological polar surface area (TPSA) is 79.5 Å². The van der Waals surface area contributed by atoms with E-state index in [2.05, 4.69) is 4.98 Å². The van der Waals surface area contributed by atoms with Crippen LogP contribution in [0.15, 0.2) is 12.1 Å². The lowest BCUT2D eigenvalue weighted by atomic mass is 9.91. The normalized spacial score (nSPS) is 15.2. The van der Waals surface area contributed by atoms with Crippen LogP contribution in [0.2, 0.25) is 5.15 Å². The lowest BCUT2D eigenvalue weighted by molar-refractivity contribution is -0.384. The van der Waals surface area contributed by atoms with Gasteiger partial charge in [-0.2, -0.15) is 0 Å². The van der Waals surface area contributed by atoms with Crippen molar-refractivity contribution in [3.05, 3.63) is 27.4 Å². The first kappa shape index (κ1) is 13.0. The van der Waals surface area contributed by atoms with E-state index in [0.717, 1.165) is 19.3 Å². The minimum Gasteiger partial charge on any atom is -0.395 e. The fourth-order valence-corrected chi connectivity index (χ4v) is 2.21. The molecule has 7 heteroatoms. The Labute approximate surface area is 109 Å². The molecule has 0 unspecified atom stereocenters. The highest BCUT2D eigenvalue weighted by Crippen LogP contribution is 2.31. The molecule has 0 atom stereocenters. The highest BCUT2D eigenvalue weighted by atomic mass is 35.5. The molecule has 1 heterocycles. The quantitative estimate of drug-likeness (QED) is 0.503. The Kier molecular flexibility index (Phi) is 3.98. The van der Waals surface area contributed by atoms with Crippen molar-refractivity contribution in [1.82, 2.24) is 4.98 Å². The van der Waals surface area contributed by atoms with Gasteiger partial charge in [-0.25, -0.2) is 4.98 Å². The zero-order valence-electron chi connectivity index (χ0n) is 9.75. The van der Waals surface area contributed by atoms with Crippen LogP contribution in [0.1, 0.15) is 19.3 Å². The average molecular weight is 272 g/mol. The number of aromatic nitrogens is 1. The van der Waals surface area contributed by atoms with E-state index < -0.39 is 4.92 Å². The second-order valence-electron chi connectivity index (χ2n) is 4.27. The number of hydrogen-bond donors (Lipinski definition) is 1. The van der Waals surface area contributed by atoms with Crippen LogP contribution in [0.4, 0.5) is 11.5 Å². The summed E-state index contributed by atoms with van der Waals surface area (Å²) in [4.78, 5) is 16.3. The first-order valence-corrected chi connectivity index (χ1v) is 6.19. The van der Waals surface area contributed by atoms with Crippen molar-refractivity contribution < 1.29 is 10.0 Å². The molecule has 0 bridgehead atoms. The molecule has 2 rings (SSSR count). The van der Waals surface area contributed by atoms with Crippen molar-refractivity contribution in [3.8, 4) is 0 Å². The third kappa shape index (κ3) is 2.70. The van der Waals surface area contributed by atoms with Crippen LogP contribution in [0, 0.1) is 10.1 Å². The highest BCUT2D eigenvalue weighted by Gasteiger charge is 2.27. The van der Waals surface area contributed by atoms with Crippen molar-refractivity contribution in [1.29, 1.82) is 0 Å². The molecule has 1 aliphatic rings. The molecule has 0 aliphatic heterocycles. The number of nitro groups is 1. The molecule has 1 aromatic heterocycles. The summed E-state index contributed by atoms with van der Waals surface area (Å²) in [5, 5.41) is 20.0. The van der Waals surface area contributed by atoms with Gasteiger partial charge < -0.3 is 10.0 Å². The van der Waals surface area contributed by atoms with Gasteiger partial charge in [0.25, 0.3) is 5.69 Å². The molecule has 18 heavy (non-hydrogen) atoms. The van der Waals surface area contributed by atoms with Crippen molar-refractivity contribution in [3.63, 3.8) is 0 Å². The van der Waals surface area contributed by atoms with Gasteiger partial charge in [0.1, 0.15) is 11.0 Å². The molecule has 0 amide bonds. The Morgan fingerprint density at radius 2 is 2.28 bits per heavy atom. The van der Waals surface area contributed by atoms with Crippen LogP contribution in [-0.2, 0) is 0 Å². The molecule has 0 radical (unpaired) electrons. The Bertz CT molecular complexity index is 451. The number of aliphatic hydroxyl groups excluding tert-OH is 1. The predicted molar refractivity (Wildman–Crippen MR) is 68.0 cm³/mol. The molecular weight excluding hydrogens is 258 g/mol. The molecule has 6 nitrogen and oxygen atoms in total. The van der Waals surface area contributed by atoms with Crippen molar-refractivity contribution in [2.45, 2.75) is 25.3 Å². The summed E-state index contributed by atoms with van der Waals surface area (Å²) >= 11 is 5.80. The van der Waals surface area contributed by atoms with E-state index in [0.29, 0.717) is 18.4 Å². The Balaban J connectivity index is 2.30. The van der Waals surface area contributed by atoms with Crippen LogP contribution in [0.5, 0.6) is 0 Å².